The van der Waals surface area contributed by atoms with Gasteiger partial charge in [-0.3, -0.25) is 0 Å². The second-order valence-corrected chi connectivity index (χ2v) is 6.53. The molecule has 0 atom stereocenters. The molecule has 0 amide bonds. The van der Waals surface area contributed by atoms with E-state index < -0.39 is 5.97 Å². The number of hydrogen-bond acceptors (Lipinski definition) is 5. The topological polar surface area (TPSA) is 75.8 Å². The van der Waals surface area contributed by atoms with Gasteiger partial charge in [0, 0.05) is 35.5 Å². The van der Waals surface area contributed by atoms with Gasteiger partial charge in [0.15, 0.2) is 0 Å². The Bertz CT molecular complexity index is 1010. The van der Waals surface area contributed by atoms with Crippen LogP contribution in [0.2, 0.25) is 0 Å². The summed E-state index contributed by atoms with van der Waals surface area (Å²) in [5, 5.41) is 9.07. The molecule has 0 radical (unpaired) electrons. The molecule has 1 aromatic carbocycles. The number of aromatic carboxylic acids is 1. The Labute approximate surface area is 157 Å². The van der Waals surface area contributed by atoms with Crippen LogP contribution in [0.5, 0.6) is 5.75 Å². The molecule has 4 rings (SSSR count). The SMILES string of the molecule is COc1ccc(-c2ccc(C(=O)O)o2)cc1-c1ccc(N2CCC2)nc1C. The Hall–Kier alpha value is -3.28. The van der Waals surface area contributed by atoms with Gasteiger partial charge >= 0.3 is 5.97 Å². The summed E-state index contributed by atoms with van der Waals surface area (Å²) in [7, 11) is 1.63. The lowest BCUT2D eigenvalue weighted by Gasteiger charge is -2.32. The van der Waals surface area contributed by atoms with Crippen LogP contribution in [0.15, 0.2) is 46.9 Å². The van der Waals surface area contributed by atoms with E-state index >= 15 is 0 Å². The molecule has 1 N–H and O–H groups in total. The maximum absolute atomic E-state index is 11.1. The first-order valence-corrected chi connectivity index (χ1v) is 8.81. The molecule has 1 aliphatic heterocycles. The molecule has 0 unspecified atom stereocenters. The summed E-state index contributed by atoms with van der Waals surface area (Å²) in [6, 6.07) is 12.9. The number of aryl methyl sites for hydroxylation is 1. The van der Waals surface area contributed by atoms with Crippen LogP contribution in [-0.2, 0) is 0 Å². The first-order valence-electron chi connectivity index (χ1n) is 8.81. The normalized spacial score (nSPS) is 13.3. The molecular weight excluding hydrogens is 344 g/mol. The van der Waals surface area contributed by atoms with Gasteiger partial charge in [-0.15, -0.1) is 0 Å². The molecule has 0 bridgehead atoms. The van der Waals surface area contributed by atoms with Crippen LogP contribution < -0.4 is 9.64 Å². The standard InChI is InChI=1S/C21H20N2O4/c1-13-15(5-9-20(22-13)23-10-3-11-23)16-12-14(4-6-18(16)26-2)17-7-8-19(27-17)21(24)25/h4-9,12H,3,10-11H2,1-2H3,(H,24,25). The third kappa shape index (κ3) is 3.14. The first-order chi connectivity index (χ1) is 13.1. The van der Waals surface area contributed by atoms with E-state index in [-0.39, 0.29) is 5.76 Å². The lowest BCUT2D eigenvalue weighted by Crippen LogP contribution is -2.37. The average Bonchev–Trinajstić information content (AvgIpc) is 3.10. The fourth-order valence-electron chi connectivity index (χ4n) is 3.23. The summed E-state index contributed by atoms with van der Waals surface area (Å²) >= 11 is 0. The zero-order chi connectivity index (χ0) is 19.0. The van der Waals surface area contributed by atoms with Crippen LogP contribution in [0.1, 0.15) is 22.7 Å². The number of carboxylic acids is 1. The minimum absolute atomic E-state index is 0.0842. The molecule has 1 saturated heterocycles. The van der Waals surface area contributed by atoms with Gasteiger partial charge in [0.25, 0.3) is 0 Å². The highest BCUT2D eigenvalue weighted by Crippen LogP contribution is 2.37. The zero-order valence-corrected chi connectivity index (χ0v) is 15.2. The molecular formula is C21H20N2O4. The van der Waals surface area contributed by atoms with Crippen molar-refractivity contribution < 1.29 is 19.1 Å². The van der Waals surface area contributed by atoms with Gasteiger partial charge in [-0.05, 0) is 55.8 Å². The molecule has 0 saturated carbocycles. The van der Waals surface area contributed by atoms with Crippen LogP contribution in [0, 0.1) is 6.92 Å². The minimum atomic E-state index is -1.09. The van der Waals surface area contributed by atoms with Crippen molar-refractivity contribution in [3.8, 4) is 28.2 Å². The highest BCUT2D eigenvalue weighted by molar-refractivity contribution is 5.85. The van der Waals surface area contributed by atoms with Crippen molar-refractivity contribution >= 4 is 11.8 Å². The number of carboxylic acid groups (broad SMARTS) is 1. The van der Waals surface area contributed by atoms with Crippen molar-refractivity contribution in [2.75, 3.05) is 25.1 Å². The average molecular weight is 364 g/mol. The number of ether oxygens (including phenoxy) is 1. The monoisotopic (exact) mass is 364 g/mol. The van der Waals surface area contributed by atoms with E-state index in [0.29, 0.717) is 5.76 Å². The summed E-state index contributed by atoms with van der Waals surface area (Å²) < 4.78 is 11.0. The summed E-state index contributed by atoms with van der Waals surface area (Å²) in [6.45, 7) is 4.09. The summed E-state index contributed by atoms with van der Waals surface area (Å²) in [5.74, 6) is 1.05. The number of methoxy groups -OCH3 is 1. The number of carbonyl (C=O) groups is 1. The van der Waals surface area contributed by atoms with E-state index in [1.54, 1.807) is 13.2 Å². The summed E-state index contributed by atoms with van der Waals surface area (Å²) in [6.07, 6.45) is 1.21. The van der Waals surface area contributed by atoms with E-state index in [9.17, 15) is 4.79 Å². The molecule has 138 valence electrons. The van der Waals surface area contributed by atoms with E-state index in [2.05, 4.69) is 11.0 Å². The minimum Gasteiger partial charge on any atom is -0.496 e. The lowest BCUT2D eigenvalue weighted by atomic mass is 9.99. The van der Waals surface area contributed by atoms with Crippen LogP contribution in [0.25, 0.3) is 22.5 Å². The number of rotatable bonds is 5. The zero-order valence-electron chi connectivity index (χ0n) is 15.2. The summed E-state index contributed by atoms with van der Waals surface area (Å²) in [4.78, 5) is 18.1. The highest BCUT2D eigenvalue weighted by Gasteiger charge is 2.18. The molecule has 6 heteroatoms. The number of anilines is 1. The first kappa shape index (κ1) is 17.1. The van der Waals surface area contributed by atoms with E-state index in [1.165, 1.54) is 12.5 Å². The smallest absolute Gasteiger partial charge is 0.371 e. The number of aromatic nitrogens is 1. The van der Waals surface area contributed by atoms with Crippen molar-refractivity contribution in [1.82, 2.24) is 4.98 Å². The van der Waals surface area contributed by atoms with Crippen molar-refractivity contribution in [2.24, 2.45) is 0 Å². The predicted molar refractivity (Wildman–Crippen MR) is 102 cm³/mol. The van der Waals surface area contributed by atoms with Crippen molar-refractivity contribution in [3.05, 3.63) is 53.9 Å². The fourth-order valence-corrected chi connectivity index (χ4v) is 3.23. The summed E-state index contributed by atoms with van der Waals surface area (Å²) in [5.41, 5.74) is 3.57. The molecule has 27 heavy (non-hydrogen) atoms. The van der Waals surface area contributed by atoms with Crippen molar-refractivity contribution in [2.45, 2.75) is 13.3 Å². The van der Waals surface area contributed by atoms with E-state index in [4.69, 9.17) is 19.2 Å². The van der Waals surface area contributed by atoms with Gasteiger partial charge in [0.2, 0.25) is 5.76 Å². The molecule has 2 aromatic heterocycles. The van der Waals surface area contributed by atoms with Crippen molar-refractivity contribution in [1.29, 1.82) is 0 Å². The van der Waals surface area contributed by atoms with Gasteiger partial charge in [-0.1, -0.05) is 0 Å². The van der Waals surface area contributed by atoms with Gasteiger partial charge in [0.05, 0.1) is 7.11 Å². The Morgan fingerprint density at radius 3 is 2.56 bits per heavy atom. The largest absolute Gasteiger partial charge is 0.496 e. The number of furan rings is 1. The molecule has 1 aliphatic rings. The quantitative estimate of drug-likeness (QED) is 0.730. The maximum Gasteiger partial charge on any atom is 0.371 e. The van der Waals surface area contributed by atoms with Gasteiger partial charge < -0.3 is 19.2 Å². The fraction of sp³-hybridized carbons (Fsp3) is 0.238. The Morgan fingerprint density at radius 1 is 1.15 bits per heavy atom. The molecule has 0 spiro atoms. The second kappa shape index (κ2) is 6.79. The molecule has 3 heterocycles. The third-order valence-corrected chi connectivity index (χ3v) is 4.84. The number of benzene rings is 1. The van der Waals surface area contributed by atoms with E-state index in [0.717, 1.165) is 47.0 Å². The Morgan fingerprint density at radius 2 is 1.96 bits per heavy atom. The van der Waals surface area contributed by atoms with Crippen LogP contribution >= 0.6 is 0 Å². The number of nitrogens with zero attached hydrogens (tertiary/aromatic N) is 2. The molecule has 6 nitrogen and oxygen atoms in total. The number of hydrogen-bond donors (Lipinski definition) is 1. The molecule has 0 aliphatic carbocycles. The van der Waals surface area contributed by atoms with Gasteiger partial charge in [0.1, 0.15) is 17.3 Å². The molecule has 1 fully saturated rings. The van der Waals surface area contributed by atoms with Gasteiger partial charge in [-0.25, -0.2) is 9.78 Å². The van der Waals surface area contributed by atoms with E-state index in [1.807, 2.05) is 31.2 Å². The second-order valence-electron chi connectivity index (χ2n) is 6.53. The Kier molecular flexibility index (Phi) is 4.32. The Balaban J connectivity index is 1.75. The number of pyridine rings is 1. The van der Waals surface area contributed by atoms with Gasteiger partial charge in [-0.2, -0.15) is 0 Å². The highest BCUT2D eigenvalue weighted by atomic mass is 16.5. The van der Waals surface area contributed by atoms with Crippen LogP contribution in [0.4, 0.5) is 5.82 Å². The third-order valence-electron chi connectivity index (χ3n) is 4.84. The predicted octanol–water partition coefficient (Wildman–Crippen LogP) is 4.23. The van der Waals surface area contributed by atoms with Crippen LogP contribution in [0.3, 0.4) is 0 Å². The molecule has 3 aromatic rings. The van der Waals surface area contributed by atoms with Crippen LogP contribution in [-0.4, -0.2) is 36.3 Å². The maximum atomic E-state index is 11.1. The lowest BCUT2D eigenvalue weighted by molar-refractivity contribution is 0.0663. The van der Waals surface area contributed by atoms with Crippen molar-refractivity contribution in [3.63, 3.8) is 0 Å².